The smallest absolute Gasteiger partial charge is 0.185 e. The van der Waals surface area contributed by atoms with Gasteiger partial charge < -0.3 is 26.5 Å². The summed E-state index contributed by atoms with van der Waals surface area (Å²) in [5.41, 5.74) is 12.6. The Bertz CT molecular complexity index is 724. The number of benzene rings is 1. The van der Waals surface area contributed by atoms with Crippen molar-refractivity contribution in [1.29, 1.82) is 5.41 Å². The monoisotopic (exact) mass is 442 g/mol. The lowest BCUT2D eigenvalue weighted by Gasteiger charge is -2.25. The van der Waals surface area contributed by atoms with E-state index >= 15 is 0 Å². The Balaban J connectivity index is 1.46. The number of nitrogens with zero attached hydrogens (tertiary/aromatic N) is 3. The van der Waals surface area contributed by atoms with Gasteiger partial charge in [0.15, 0.2) is 5.96 Å². The van der Waals surface area contributed by atoms with Crippen LogP contribution in [-0.2, 0) is 0 Å². The van der Waals surface area contributed by atoms with Crippen LogP contribution in [0.3, 0.4) is 0 Å². The molecular formula is C25H42N6O. The second-order valence-electron chi connectivity index (χ2n) is 8.59. The van der Waals surface area contributed by atoms with Gasteiger partial charge in [0.1, 0.15) is 11.6 Å². The van der Waals surface area contributed by atoms with Gasteiger partial charge in [-0.2, -0.15) is 0 Å². The van der Waals surface area contributed by atoms with Crippen molar-refractivity contribution in [2.75, 3.05) is 33.3 Å². The molecule has 0 saturated heterocycles. The average Bonchev–Trinajstić information content (AvgIpc) is 2.78. The van der Waals surface area contributed by atoms with Gasteiger partial charge in [-0.1, -0.05) is 32.1 Å². The van der Waals surface area contributed by atoms with Crippen LogP contribution < -0.4 is 16.2 Å². The lowest BCUT2D eigenvalue weighted by Crippen LogP contribution is -2.32. The van der Waals surface area contributed by atoms with E-state index in [0.717, 1.165) is 81.0 Å². The molecule has 32 heavy (non-hydrogen) atoms. The predicted molar refractivity (Wildman–Crippen MR) is 135 cm³/mol. The van der Waals surface area contributed by atoms with Gasteiger partial charge in [0, 0.05) is 38.0 Å². The molecule has 1 heterocycles. The van der Waals surface area contributed by atoms with E-state index in [0.29, 0.717) is 6.61 Å². The SMILES string of the molecule is CN1CCCN=C1c1ccc(OCCCC(=N)CCCCCCCCCN=C(N)N)cc1. The number of amidine groups is 1. The number of nitrogens with two attached hydrogens (primary N) is 2. The van der Waals surface area contributed by atoms with E-state index in [2.05, 4.69) is 34.1 Å². The Hall–Kier alpha value is -2.57. The molecule has 0 amide bonds. The molecule has 0 aromatic heterocycles. The maximum Gasteiger partial charge on any atom is 0.185 e. The van der Waals surface area contributed by atoms with E-state index in [1.54, 1.807) is 0 Å². The number of rotatable bonds is 16. The molecule has 0 fully saturated rings. The van der Waals surface area contributed by atoms with Gasteiger partial charge in [0.05, 0.1) is 6.61 Å². The van der Waals surface area contributed by atoms with Crippen molar-refractivity contribution in [2.45, 2.75) is 70.6 Å². The van der Waals surface area contributed by atoms with E-state index in [9.17, 15) is 0 Å². The highest BCUT2D eigenvalue weighted by Gasteiger charge is 2.12. The minimum absolute atomic E-state index is 0.187. The highest BCUT2D eigenvalue weighted by Crippen LogP contribution is 2.16. The number of aliphatic imine (C=N–C) groups is 2. The van der Waals surface area contributed by atoms with Crippen LogP contribution in [0.5, 0.6) is 5.75 Å². The first-order chi connectivity index (χ1) is 15.6. The topological polar surface area (TPSA) is 113 Å². The second kappa shape index (κ2) is 15.3. The van der Waals surface area contributed by atoms with Gasteiger partial charge >= 0.3 is 0 Å². The summed E-state index contributed by atoms with van der Waals surface area (Å²) in [5, 5.41) is 8.15. The average molecular weight is 443 g/mol. The molecule has 7 nitrogen and oxygen atoms in total. The quantitative estimate of drug-likeness (QED) is 0.201. The first-order valence-electron chi connectivity index (χ1n) is 12.2. The molecule has 0 spiro atoms. The summed E-state index contributed by atoms with van der Waals surface area (Å²) < 4.78 is 5.86. The molecule has 1 aromatic carbocycles. The molecule has 1 aliphatic rings. The molecule has 0 unspecified atom stereocenters. The van der Waals surface area contributed by atoms with Crippen LogP contribution in [0.1, 0.15) is 76.2 Å². The number of unbranched alkanes of at least 4 members (excludes halogenated alkanes) is 6. The fourth-order valence-electron chi connectivity index (χ4n) is 3.87. The first-order valence-corrected chi connectivity index (χ1v) is 12.2. The minimum atomic E-state index is 0.187. The molecule has 7 heteroatoms. The molecular weight excluding hydrogens is 400 g/mol. The molecule has 5 N–H and O–H groups in total. The highest BCUT2D eigenvalue weighted by atomic mass is 16.5. The zero-order valence-electron chi connectivity index (χ0n) is 19.8. The third kappa shape index (κ3) is 10.6. The van der Waals surface area contributed by atoms with Crippen molar-refractivity contribution in [3.05, 3.63) is 29.8 Å². The standard InChI is InChI=1S/C25H42N6O/c1-31-19-10-18-29-24(31)21-13-15-23(16-14-21)32-20-9-12-22(26)11-7-5-3-2-4-6-8-17-30-25(27)28/h13-16,26H,2-12,17-20H2,1H3,(H4,27,28,30). The normalized spacial score (nSPS) is 13.5. The third-order valence-corrected chi connectivity index (χ3v) is 5.71. The van der Waals surface area contributed by atoms with E-state index in [1.807, 2.05) is 12.1 Å². The van der Waals surface area contributed by atoms with Crippen LogP contribution in [0.15, 0.2) is 34.3 Å². The second-order valence-corrected chi connectivity index (χ2v) is 8.59. The lowest BCUT2D eigenvalue weighted by atomic mass is 10.0. The largest absolute Gasteiger partial charge is 0.494 e. The number of guanidine groups is 1. The van der Waals surface area contributed by atoms with Crippen molar-refractivity contribution in [3.63, 3.8) is 0 Å². The Labute approximate surface area is 193 Å². The Morgan fingerprint density at radius 3 is 2.34 bits per heavy atom. The van der Waals surface area contributed by atoms with E-state index < -0.39 is 0 Å². The summed E-state index contributed by atoms with van der Waals surface area (Å²) in [6.45, 7) is 3.36. The van der Waals surface area contributed by atoms with Gasteiger partial charge in [0.2, 0.25) is 0 Å². The molecule has 178 valence electrons. The van der Waals surface area contributed by atoms with Gasteiger partial charge in [-0.25, -0.2) is 0 Å². The van der Waals surface area contributed by atoms with Gasteiger partial charge in [-0.05, 0) is 62.8 Å². The van der Waals surface area contributed by atoms with E-state index in [4.69, 9.17) is 21.6 Å². The molecule has 0 bridgehead atoms. The molecule has 0 aliphatic carbocycles. The predicted octanol–water partition coefficient (Wildman–Crippen LogP) is 4.34. The molecule has 1 aliphatic heterocycles. The van der Waals surface area contributed by atoms with E-state index in [1.165, 1.54) is 32.1 Å². The Morgan fingerprint density at radius 1 is 1.00 bits per heavy atom. The summed E-state index contributed by atoms with van der Waals surface area (Å²) in [4.78, 5) is 10.8. The number of hydrogen-bond donors (Lipinski definition) is 3. The fourth-order valence-corrected chi connectivity index (χ4v) is 3.87. The summed E-state index contributed by atoms with van der Waals surface area (Å²) in [5.74, 6) is 2.14. The highest BCUT2D eigenvalue weighted by molar-refractivity contribution is 5.99. The molecule has 0 radical (unpaired) electrons. The molecule has 1 aromatic rings. The fraction of sp³-hybridized carbons (Fsp3) is 0.640. The molecule has 0 atom stereocenters. The van der Waals surface area contributed by atoms with Crippen LogP contribution in [0.2, 0.25) is 0 Å². The summed E-state index contributed by atoms with van der Waals surface area (Å²) in [6, 6.07) is 8.21. The van der Waals surface area contributed by atoms with Crippen LogP contribution in [-0.4, -0.2) is 55.7 Å². The number of hydrogen-bond acceptors (Lipinski definition) is 5. The number of nitrogens with one attached hydrogen (secondary N) is 1. The zero-order valence-corrected chi connectivity index (χ0v) is 19.8. The van der Waals surface area contributed by atoms with Crippen molar-refractivity contribution in [1.82, 2.24) is 4.90 Å². The summed E-state index contributed by atoms with van der Waals surface area (Å²) in [7, 11) is 2.09. The third-order valence-electron chi connectivity index (χ3n) is 5.71. The van der Waals surface area contributed by atoms with Crippen LogP contribution in [0, 0.1) is 5.41 Å². The number of ether oxygens (including phenoxy) is 1. The van der Waals surface area contributed by atoms with Crippen LogP contribution in [0.4, 0.5) is 0 Å². The first kappa shape index (κ1) is 25.7. The Kier molecular flexibility index (Phi) is 12.3. The van der Waals surface area contributed by atoms with Crippen LogP contribution in [0.25, 0.3) is 0 Å². The van der Waals surface area contributed by atoms with E-state index in [-0.39, 0.29) is 5.96 Å². The molecule has 2 rings (SSSR count). The van der Waals surface area contributed by atoms with Crippen LogP contribution >= 0.6 is 0 Å². The summed E-state index contributed by atoms with van der Waals surface area (Å²) >= 11 is 0. The van der Waals surface area contributed by atoms with Gasteiger partial charge in [-0.3, -0.25) is 9.98 Å². The van der Waals surface area contributed by atoms with Crippen molar-refractivity contribution in [2.24, 2.45) is 21.5 Å². The van der Waals surface area contributed by atoms with Crippen molar-refractivity contribution < 1.29 is 4.74 Å². The zero-order chi connectivity index (χ0) is 23.0. The molecule has 0 saturated carbocycles. The van der Waals surface area contributed by atoms with Gasteiger partial charge in [0.25, 0.3) is 0 Å². The minimum Gasteiger partial charge on any atom is -0.494 e. The summed E-state index contributed by atoms with van der Waals surface area (Å²) in [6.07, 6.45) is 12.1. The maximum absolute atomic E-state index is 8.15. The van der Waals surface area contributed by atoms with Crippen molar-refractivity contribution in [3.8, 4) is 5.75 Å². The lowest BCUT2D eigenvalue weighted by molar-refractivity contribution is 0.313. The van der Waals surface area contributed by atoms with Gasteiger partial charge in [-0.15, -0.1) is 0 Å². The Morgan fingerprint density at radius 2 is 1.66 bits per heavy atom. The maximum atomic E-state index is 8.15. The van der Waals surface area contributed by atoms with Crippen molar-refractivity contribution >= 4 is 17.5 Å².